The quantitative estimate of drug-likeness (QED) is 0.482. The molecule has 0 spiro atoms. The molecule has 0 aliphatic carbocycles. The number of halogens is 1. The summed E-state index contributed by atoms with van der Waals surface area (Å²) in [6.45, 7) is 3.75. The van der Waals surface area contributed by atoms with Gasteiger partial charge in [-0.05, 0) is 66.1 Å². The van der Waals surface area contributed by atoms with E-state index in [1.54, 1.807) is 42.5 Å². The largest absolute Gasteiger partial charge is 0.497 e. The summed E-state index contributed by atoms with van der Waals surface area (Å²) >= 11 is 6.09. The Hall–Kier alpha value is -3.03. The van der Waals surface area contributed by atoms with Crippen molar-refractivity contribution in [1.82, 2.24) is 0 Å². The number of anilines is 2. The molecular formula is C24H25ClN2O4S. The van der Waals surface area contributed by atoms with E-state index < -0.39 is 22.5 Å². The van der Waals surface area contributed by atoms with Crippen molar-refractivity contribution in [1.29, 1.82) is 0 Å². The van der Waals surface area contributed by atoms with Gasteiger partial charge >= 0.3 is 0 Å². The van der Waals surface area contributed by atoms with Gasteiger partial charge in [-0.25, -0.2) is 8.42 Å². The highest BCUT2D eigenvalue weighted by Gasteiger charge is 2.27. The maximum Gasteiger partial charge on any atom is 0.264 e. The Kier molecular flexibility index (Phi) is 7.43. The average molecular weight is 473 g/mol. The van der Waals surface area contributed by atoms with Gasteiger partial charge in [-0.2, -0.15) is 0 Å². The summed E-state index contributed by atoms with van der Waals surface area (Å²) in [5.74, 6) is 0.424. The van der Waals surface area contributed by atoms with E-state index in [0.717, 1.165) is 9.87 Å². The predicted octanol–water partition coefficient (Wildman–Crippen LogP) is 5.31. The molecule has 0 aliphatic heterocycles. The first-order chi connectivity index (χ1) is 15.2. The third kappa shape index (κ3) is 5.60. The van der Waals surface area contributed by atoms with Crippen LogP contribution in [0.5, 0.6) is 5.75 Å². The molecule has 168 valence electrons. The molecule has 0 bridgehead atoms. The van der Waals surface area contributed by atoms with Crippen molar-refractivity contribution in [2.45, 2.75) is 24.7 Å². The Balaban J connectivity index is 1.89. The van der Waals surface area contributed by atoms with Gasteiger partial charge in [-0.3, -0.25) is 9.10 Å². The number of rotatable bonds is 8. The van der Waals surface area contributed by atoms with Crippen LogP contribution in [-0.4, -0.2) is 28.0 Å². The van der Waals surface area contributed by atoms with E-state index in [9.17, 15) is 13.2 Å². The lowest BCUT2D eigenvalue weighted by Crippen LogP contribution is -2.38. The van der Waals surface area contributed by atoms with Crippen LogP contribution >= 0.6 is 11.6 Å². The summed E-state index contributed by atoms with van der Waals surface area (Å²) in [4.78, 5) is 12.8. The SMILES string of the molecule is COc1ccc(S(=O)(=O)N(CC(=O)Nc2ccc(C(C)C)cc2)c2cccc(Cl)c2)cc1. The number of benzene rings is 3. The Morgan fingerprint density at radius 3 is 2.25 bits per heavy atom. The number of sulfonamides is 1. The van der Waals surface area contributed by atoms with Gasteiger partial charge in [0.25, 0.3) is 10.0 Å². The first kappa shape index (κ1) is 23.6. The van der Waals surface area contributed by atoms with Crippen LogP contribution in [0.2, 0.25) is 5.02 Å². The van der Waals surface area contributed by atoms with Crippen molar-refractivity contribution in [3.05, 3.63) is 83.4 Å². The fraction of sp³-hybridized carbons (Fsp3) is 0.208. The minimum atomic E-state index is -4.04. The highest BCUT2D eigenvalue weighted by Crippen LogP contribution is 2.27. The number of amides is 1. The lowest BCUT2D eigenvalue weighted by molar-refractivity contribution is -0.114. The number of methoxy groups -OCH3 is 1. The summed E-state index contributed by atoms with van der Waals surface area (Å²) in [5.41, 5.74) is 2.02. The molecule has 0 fully saturated rings. The van der Waals surface area contributed by atoms with Gasteiger partial charge in [0.05, 0.1) is 17.7 Å². The van der Waals surface area contributed by atoms with E-state index in [1.165, 1.54) is 25.3 Å². The minimum absolute atomic E-state index is 0.0346. The fourth-order valence-corrected chi connectivity index (χ4v) is 4.70. The van der Waals surface area contributed by atoms with Crippen LogP contribution in [0.1, 0.15) is 25.3 Å². The molecule has 0 aromatic heterocycles. The number of carbonyl (C=O) groups excluding carboxylic acids is 1. The maximum absolute atomic E-state index is 13.4. The summed E-state index contributed by atoms with van der Waals surface area (Å²) in [6, 6.07) is 19.8. The van der Waals surface area contributed by atoms with Crippen molar-refractivity contribution >= 4 is 38.9 Å². The van der Waals surface area contributed by atoms with E-state index in [2.05, 4.69) is 19.2 Å². The Labute approximate surface area is 193 Å². The Bertz CT molecular complexity index is 1180. The molecule has 3 rings (SSSR count). The normalized spacial score (nSPS) is 11.3. The van der Waals surface area contributed by atoms with Gasteiger partial charge in [0.1, 0.15) is 12.3 Å². The second-order valence-electron chi connectivity index (χ2n) is 7.49. The molecule has 1 amide bonds. The van der Waals surface area contributed by atoms with Crippen molar-refractivity contribution in [2.24, 2.45) is 0 Å². The van der Waals surface area contributed by atoms with Gasteiger partial charge in [0.15, 0.2) is 0 Å². The molecule has 3 aromatic carbocycles. The zero-order valence-corrected chi connectivity index (χ0v) is 19.7. The van der Waals surface area contributed by atoms with Crippen LogP contribution in [0.4, 0.5) is 11.4 Å². The Morgan fingerprint density at radius 1 is 1.03 bits per heavy atom. The van der Waals surface area contributed by atoms with Crippen LogP contribution in [0.25, 0.3) is 0 Å². The van der Waals surface area contributed by atoms with Gasteiger partial charge in [-0.1, -0.05) is 43.6 Å². The van der Waals surface area contributed by atoms with Crippen LogP contribution in [0, 0.1) is 0 Å². The van der Waals surface area contributed by atoms with E-state index in [1.807, 2.05) is 12.1 Å². The zero-order chi connectivity index (χ0) is 23.3. The van der Waals surface area contributed by atoms with E-state index in [-0.39, 0.29) is 4.90 Å². The standard InChI is InChI=1S/C24H25ClN2O4S/c1-17(2)18-7-9-20(10-8-18)26-24(28)16-27(21-6-4-5-19(25)15-21)32(29,30)23-13-11-22(31-3)12-14-23/h4-15,17H,16H2,1-3H3,(H,26,28). The molecule has 0 atom stereocenters. The molecule has 32 heavy (non-hydrogen) atoms. The topological polar surface area (TPSA) is 75.7 Å². The monoisotopic (exact) mass is 472 g/mol. The number of carbonyl (C=O) groups is 1. The molecule has 0 saturated heterocycles. The number of ether oxygens (including phenoxy) is 1. The molecular weight excluding hydrogens is 448 g/mol. The molecule has 0 saturated carbocycles. The smallest absolute Gasteiger partial charge is 0.264 e. The fourth-order valence-electron chi connectivity index (χ4n) is 3.10. The van der Waals surface area contributed by atoms with Crippen molar-refractivity contribution in [3.8, 4) is 5.75 Å². The molecule has 0 radical (unpaired) electrons. The highest BCUT2D eigenvalue weighted by molar-refractivity contribution is 7.92. The maximum atomic E-state index is 13.4. The van der Waals surface area contributed by atoms with Gasteiger partial charge in [0.2, 0.25) is 5.91 Å². The first-order valence-electron chi connectivity index (χ1n) is 10.0. The number of hydrogen-bond acceptors (Lipinski definition) is 4. The average Bonchev–Trinajstić information content (AvgIpc) is 2.77. The molecule has 3 aromatic rings. The second kappa shape index (κ2) is 10.1. The van der Waals surface area contributed by atoms with Gasteiger partial charge < -0.3 is 10.1 Å². The van der Waals surface area contributed by atoms with Crippen molar-refractivity contribution < 1.29 is 17.9 Å². The first-order valence-corrected chi connectivity index (χ1v) is 11.8. The van der Waals surface area contributed by atoms with Crippen LogP contribution in [0.3, 0.4) is 0 Å². The van der Waals surface area contributed by atoms with Crippen molar-refractivity contribution in [3.63, 3.8) is 0 Å². The predicted molar refractivity (Wildman–Crippen MR) is 128 cm³/mol. The van der Waals surface area contributed by atoms with E-state index in [4.69, 9.17) is 16.3 Å². The molecule has 0 aliphatic rings. The van der Waals surface area contributed by atoms with Crippen molar-refractivity contribution in [2.75, 3.05) is 23.3 Å². The van der Waals surface area contributed by atoms with Crippen LogP contribution in [-0.2, 0) is 14.8 Å². The number of hydrogen-bond donors (Lipinski definition) is 1. The minimum Gasteiger partial charge on any atom is -0.497 e. The number of nitrogens with one attached hydrogen (secondary N) is 1. The second-order valence-corrected chi connectivity index (χ2v) is 9.79. The van der Waals surface area contributed by atoms with E-state index >= 15 is 0 Å². The lowest BCUT2D eigenvalue weighted by atomic mass is 10.0. The molecule has 0 heterocycles. The molecule has 6 nitrogen and oxygen atoms in total. The van der Waals surface area contributed by atoms with Gasteiger partial charge in [0, 0.05) is 10.7 Å². The van der Waals surface area contributed by atoms with Crippen LogP contribution < -0.4 is 14.4 Å². The third-order valence-electron chi connectivity index (χ3n) is 4.89. The summed E-state index contributed by atoms with van der Waals surface area (Å²) in [6.07, 6.45) is 0. The van der Waals surface area contributed by atoms with Crippen LogP contribution in [0.15, 0.2) is 77.7 Å². The molecule has 1 N–H and O–H groups in total. The summed E-state index contributed by atoms with van der Waals surface area (Å²) in [7, 11) is -2.54. The summed E-state index contributed by atoms with van der Waals surface area (Å²) in [5, 5.41) is 3.13. The van der Waals surface area contributed by atoms with Gasteiger partial charge in [-0.15, -0.1) is 0 Å². The summed E-state index contributed by atoms with van der Waals surface area (Å²) < 4.78 is 33.0. The molecule has 8 heteroatoms. The lowest BCUT2D eigenvalue weighted by Gasteiger charge is -2.24. The third-order valence-corrected chi connectivity index (χ3v) is 6.92. The number of nitrogens with zero attached hydrogens (tertiary/aromatic N) is 1. The Morgan fingerprint density at radius 2 is 1.69 bits per heavy atom. The highest BCUT2D eigenvalue weighted by atomic mass is 35.5. The zero-order valence-electron chi connectivity index (χ0n) is 18.1. The molecule has 0 unspecified atom stereocenters. The van der Waals surface area contributed by atoms with E-state index in [0.29, 0.717) is 28.1 Å².